The molecule has 0 aromatic rings. The largest absolute Gasteiger partial charge is 0.396 e. The molecule has 1 amide bonds. The first-order valence-electron chi connectivity index (χ1n) is 11.0. The van der Waals surface area contributed by atoms with Crippen molar-refractivity contribution in [3.05, 3.63) is 0 Å². The van der Waals surface area contributed by atoms with Gasteiger partial charge in [0.25, 0.3) is 0 Å². The smallest absolute Gasteiger partial charge is 0.220 e. The van der Waals surface area contributed by atoms with Crippen LogP contribution in [0.25, 0.3) is 0 Å². The van der Waals surface area contributed by atoms with Crippen molar-refractivity contribution in [2.45, 2.75) is 78.6 Å². The number of hydrogen-bond acceptors (Lipinski definition) is 3. The Kier molecular flexibility index (Phi) is 15.9. The summed E-state index contributed by atoms with van der Waals surface area (Å²) < 4.78 is 0. The lowest BCUT2D eigenvalue weighted by atomic mass is 9.79. The summed E-state index contributed by atoms with van der Waals surface area (Å²) in [6.45, 7) is 9.34. The van der Waals surface area contributed by atoms with Gasteiger partial charge in [0.2, 0.25) is 5.91 Å². The van der Waals surface area contributed by atoms with Crippen LogP contribution in [0.2, 0.25) is 0 Å². The highest BCUT2D eigenvalue weighted by atomic mass is 127. The quantitative estimate of drug-likeness (QED) is 0.140. The molecule has 0 unspecified atom stereocenters. The Labute approximate surface area is 189 Å². The van der Waals surface area contributed by atoms with Gasteiger partial charge in [0.1, 0.15) is 0 Å². The van der Waals surface area contributed by atoms with E-state index in [-0.39, 0.29) is 41.9 Å². The van der Waals surface area contributed by atoms with E-state index in [0.29, 0.717) is 32.0 Å². The van der Waals surface area contributed by atoms with Gasteiger partial charge in [-0.25, -0.2) is 0 Å². The number of aliphatic imine (C=N–C) groups is 1. The summed E-state index contributed by atoms with van der Waals surface area (Å²) >= 11 is 0. The molecule has 0 aromatic heterocycles. The predicted octanol–water partition coefficient (Wildman–Crippen LogP) is 3.43. The molecule has 6 nitrogen and oxygen atoms in total. The molecule has 0 atom stereocenters. The van der Waals surface area contributed by atoms with Gasteiger partial charge >= 0.3 is 0 Å². The van der Waals surface area contributed by atoms with Crippen LogP contribution in [0.4, 0.5) is 0 Å². The number of guanidine groups is 1. The van der Waals surface area contributed by atoms with Crippen LogP contribution in [0.15, 0.2) is 4.99 Å². The van der Waals surface area contributed by atoms with E-state index in [1.54, 1.807) is 0 Å². The minimum atomic E-state index is 0. The molecule has 1 rings (SSSR count). The highest BCUT2D eigenvalue weighted by Crippen LogP contribution is 2.30. The fraction of sp³-hybridized carbons (Fsp3) is 0.905. The van der Waals surface area contributed by atoms with E-state index in [4.69, 9.17) is 4.99 Å². The van der Waals surface area contributed by atoms with Gasteiger partial charge in [-0.05, 0) is 50.4 Å². The number of rotatable bonds is 12. The first-order valence-corrected chi connectivity index (χ1v) is 11.0. The Morgan fingerprint density at radius 1 is 1.04 bits per heavy atom. The molecule has 0 saturated heterocycles. The van der Waals surface area contributed by atoms with Crippen LogP contribution in [-0.4, -0.2) is 49.8 Å². The minimum absolute atomic E-state index is 0. The van der Waals surface area contributed by atoms with Crippen molar-refractivity contribution in [3.63, 3.8) is 0 Å². The molecular weight excluding hydrogens is 467 g/mol. The van der Waals surface area contributed by atoms with Gasteiger partial charge in [0.15, 0.2) is 5.96 Å². The standard InChI is InChI=1S/C21H42N4O2.HI/c1-4-21(5-2,12-15-26)17-25-20(22-6-3)24-14-13-23-19(27)16-18-10-8-7-9-11-18;/h18,26H,4-17H2,1-3H3,(H,23,27)(H2,22,24,25);1H. The maximum absolute atomic E-state index is 12.1. The lowest BCUT2D eigenvalue weighted by molar-refractivity contribution is -0.122. The van der Waals surface area contributed by atoms with Gasteiger partial charge < -0.3 is 21.1 Å². The van der Waals surface area contributed by atoms with E-state index >= 15 is 0 Å². The Bertz CT molecular complexity index is 436. The fourth-order valence-electron chi connectivity index (χ4n) is 3.84. The van der Waals surface area contributed by atoms with Crippen molar-refractivity contribution in [3.8, 4) is 0 Å². The highest BCUT2D eigenvalue weighted by molar-refractivity contribution is 14.0. The Morgan fingerprint density at radius 2 is 1.68 bits per heavy atom. The molecule has 1 saturated carbocycles. The van der Waals surface area contributed by atoms with Crippen LogP contribution in [0.5, 0.6) is 0 Å². The van der Waals surface area contributed by atoms with Gasteiger partial charge in [-0.3, -0.25) is 9.79 Å². The predicted molar refractivity (Wildman–Crippen MR) is 128 cm³/mol. The summed E-state index contributed by atoms with van der Waals surface area (Å²) in [7, 11) is 0. The third-order valence-corrected chi connectivity index (χ3v) is 6.00. The topological polar surface area (TPSA) is 85.8 Å². The molecule has 4 N–H and O–H groups in total. The first-order chi connectivity index (χ1) is 13.1. The lowest BCUT2D eigenvalue weighted by Gasteiger charge is -2.29. The lowest BCUT2D eigenvalue weighted by Crippen LogP contribution is -2.42. The van der Waals surface area contributed by atoms with Crippen molar-refractivity contribution < 1.29 is 9.90 Å². The van der Waals surface area contributed by atoms with Gasteiger partial charge in [-0.15, -0.1) is 24.0 Å². The van der Waals surface area contributed by atoms with Crippen molar-refractivity contribution in [2.24, 2.45) is 16.3 Å². The average Bonchev–Trinajstić information content (AvgIpc) is 2.69. The van der Waals surface area contributed by atoms with Crippen LogP contribution in [-0.2, 0) is 4.79 Å². The van der Waals surface area contributed by atoms with E-state index in [0.717, 1.165) is 31.8 Å². The van der Waals surface area contributed by atoms with E-state index in [9.17, 15) is 9.90 Å². The van der Waals surface area contributed by atoms with Crippen LogP contribution in [0.3, 0.4) is 0 Å². The zero-order valence-electron chi connectivity index (χ0n) is 18.2. The van der Waals surface area contributed by atoms with Crippen molar-refractivity contribution in [1.82, 2.24) is 16.0 Å². The van der Waals surface area contributed by atoms with Crippen LogP contribution in [0, 0.1) is 11.3 Å². The molecule has 0 bridgehead atoms. The second kappa shape index (κ2) is 16.3. The molecule has 0 heterocycles. The molecule has 0 radical (unpaired) electrons. The third kappa shape index (κ3) is 10.8. The average molecular weight is 511 g/mol. The highest BCUT2D eigenvalue weighted by Gasteiger charge is 2.25. The summed E-state index contributed by atoms with van der Waals surface area (Å²) in [5, 5.41) is 18.9. The second-order valence-corrected chi connectivity index (χ2v) is 7.86. The molecule has 0 aliphatic heterocycles. The molecule has 1 aliphatic carbocycles. The number of aliphatic hydroxyl groups is 1. The molecule has 1 fully saturated rings. The summed E-state index contributed by atoms with van der Waals surface area (Å²) in [5.41, 5.74) is 0.0608. The van der Waals surface area contributed by atoms with Gasteiger partial charge in [0.05, 0.1) is 0 Å². The minimum Gasteiger partial charge on any atom is -0.396 e. The summed E-state index contributed by atoms with van der Waals surface area (Å²) in [5.74, 6) is 1.53. The maximum Gasteiger partial charge on any atom is 0.220 e. The summed E-state index contributed by atoms with van der Waals surface area (Å²) in [6, 6.07) is 0. The van der Waals surface area contributed by atoms with E-state index in [1.165, 1.54) is 32.1 Å². The van der Waals surface area contributed by atoms with Gasteiger partial charge in [-0.2, -0.15) is 0 Å². The molecule has 0 aromatic carbocycles. The normalized spacial score (nSPS) is 15.6. The number of amides is 1. The van der Waals surface area contributed by atoms with Crippen molar-refractivity contribution in [1.29, 1.82) is 0 Å². The van der Waals surface area contributed by atoms with Gasteiger partial charge in [-0.1, -0.05) is 33.1 Å². The zero-order chi connectivity index (χ0) is 20.0. The number of halogens is 1. The zero-order valence-corrected chi connectivity index (χ0v) is 20.5. The Hall–Kier alpha value is -0.570. The summed E-state index contributed by atoms with van der Waals surface area (Å²) in [4.78, 5) is 16.8. The Balaban J connectivity index is 0.00000729. The molecule has 7 heteroatoms. The van der Waals surface area contributed by atoms with Crippen molar-refractivity contribution >= 4 is 35.8 Å². The molecule has 28 heavy (non-hydrogen) atoms. The maximum atomic E-state index is 12.1. The van der Waals surface area contributed by atoms with Gasteiger partial charge in [0, 0.05) is 39.2 Å². The van der Waals surface area contributed by atoms with Crippen LogP contribution in [0.1, 0.15) is 78.6 Å². The van der Waals surface area contributed by atoms with E-state index in [2.05, 4.69) is 29.8 Å². The number of aliphatic hydroxyl groups excluding tert-OH is 1. The monoisotopic (exact) mass is 510 g/mol. The molecule has 0 spiro atoms. The third-order valence-electron chi connectivity index (χ3n) is 6.00. The fourth-order valence-corrected chi connectivity index (χ4v) is 3.84. The van der Waals surface area contributed by atoms with Crippen LogP contribution >= 0.6 is 24.0 Å². The number of nitrogens with one attached hydrogen (secondary N) is 3. The Morgan fingerprint density at radius 3 is 2.25 bits per heavy atom. The molecular formula is C21H43IN4O2. The number of hydrogen-bond donors (Lipinski definition) is 4. The van der Waals surface area contributed by atoms with E-state index in [1.807, 2.05) is 6.92 Å². The van der Waals surface area contributed by atoms with E-state index < -0.39 is 0 Å². The second-order valence-electron chi connectivity index (χ2n) is 7.86. The summed E-state index contributed by atoms with van der Waals surface area (Å²) in [6.07, 6.45) is 9.73. The number of nitrogens with zero attached hydrogens (tertiary/aromatic N) is 1. The molecule has 166 valence electrons. The number of carbonyl (C=O) groups excluding carboxylic acids is 1. The van der Waals surface area contributed by atoms with Crippen LogP contribution < -0.4 is 16.0 Å². The molecule has 1 aliphatic rings. The number of carbonyl (C=O) groups is 1. The first kappa shape index (κ1) is 27.4. The van der Waals surface area contributed by atoms with Crippen molar-refractivity contribution in [2.75, 3.05) is 32.8 Å². The SMILES string of the molecule is CCNC(=NCC(CC)(CC)CCO)NCCNC(=O)CC1CCCCC1.I.